The van der Waals surface area contributed by atoms with Crippen LogP contribution in [0.15, 0.2) is 6.20 Å². The SMILES string of the molecule is CCc1[nH]ncc1C(=O)N1CCO[C@H](c2n[nH]c(C)n2)C1. The van der Waals surface area contributed by atoms with Crippen molar-refractivity contribution in [2.75, 3.05) is 19.7 Å². The molecular formula is C13H18N6O2. The van der Waals surface area contributed by atoms with Gasteiger partial charge in [0.25, 0.3) is 5.91 Å². The predicted molar refractivity (Wildman–Crippen MR) is 73.7 cm³/mol. The zero-order valence-electron chi connectivity index (χ0n) is 12.1. The molecule has 1 saturated heterocycles. The van der Waals surface area contributed by atoms with E-state index < -0.39 is 0 Å². The van der Waals surface area contributed by atoms with Crippen LogP contribution in [0, 0.1) is 6.92 Å². The minimum Gasteiger partial charge on any atom is -0.366 e. The molecule has 0 saturated carbocycles. The lowest BCUT2D eigenvalue weighted by molar-refractivity contribution is -0.0267. The maximum Gasteiger partial charge on any atom is 0.257 e. The number of carbonyl (C=O) groups excluding carboxylic acids is 1. The molecule has 0 radical (unpaired) electrons. The Morgan fingerprint density at radius 3 is 3.10 bits per heavy atom. The Morgan fingerprint density at radius 1 is 1.52 bits per heavy atom. The Bertz CT molecular complexity index is 634. The summed E-state index contributed by atoms with van der Waals surface area (Å²) in [4.78, 5) is 18.6. The van der Waals surface area contributed by atoms with Gasteiger partial charge in [0.15, 0.2) is 5.82 Å². The number of nitrogens with one attached hydrogen (secondary N) is 2. The lowest BCUT2D eigenvalue weighted by Crippen LogP contribution is -2.42. The lowest BCUT2D eigenvalue weighted by atomic mass is 10.1. The summed E-state index contributed by atoms with van der Waals surface area (Å²) < 4.78 is 5.67. The second kappa shape index (κ2) is 5.65. The van der Waals surface area contributed by atoms with E-state index in [0.29, 0.717) is 31.1 Å². The summed E-state index contributed by atoms with van der Waals surface area (Å²) in [5, 5.41) is 13.7. The fourth-order valence-corrected chi connectivity index (χ4v) is 2.43. The van der Waals surface area contributed by atoms with Crippen LogP contribution in [0.4, 0.5) is 0 Å². The number of aromatic amines is 2. The average Bonchev–Trinajstić information content (AvgIpc) is 3.15. The summed E-state index contributed by atoms with van der Waals surface area (Å²) in [5.41, 5.74) is 1.49. The minimum atomic E-state index is -0.287. The van der Waals surface area contributed by atoms with Crippen LogP contribution in [0.1, 0.15) is 40.7 Å². The molecule has 8 heteroatoms. The first-order valence-corrected chi connectivity index (χ1v) is 7.01. The van der Waals surface area contributed by atoms with Gasteiger partial charge in [-0.05, 0) is 13.3 Å². The fourth-order valence-electron chi connectivity index (χ4n) is 2.43. The second-order valence-corrected chi connectivity index (χ2v) is 5.01. The zero-order valence-corrected chi connectivity index (χ0v) is 12.1. The number of ether oxygens (including phenoxy) is 1. The van der Waals surface area contributed by atoms with Crippen LogP contribution in [0.3, 0.4) is 0 Å². The van der Waals surface area contributed by atoms with Crippen LogP contribution in [0.25, 0.3) is 0 Å². The van der Waals surface area contributed by atoms with Crippen molar-refractivity contribution in [3.05, 3.63) is 29.1 Å². The molecule has 2 aromatic heterocycles. The molecule has 2 N–H and O–H groups in total. The quantitative estimate of drug-likeness (QED) is 0.863. The number of nitrogens with zero attached hydrogens (tertiary/aromatic N) is 4. The normalized spacial score (nSPS) is 19.0. The van der Waals surface area contributed by atoms with Gasteiger partial charge in [-0.1, -0.05) is 6.92 Å². The minimum absolute atomic E-state index is 0.0267. The van der Waals surface area contributed by atoms with Crippen LogP contribution in [-0.4, -0.2) is 55.9 Å². The largest absolute Gasteiger partial charge is 0.366 e. The first-order chi connectivity index (χ1) is 10.2. The van der Waals surface area contributed by atoms with E-state index in [9.17, 15) is 4.79 Å². The van der Waals surface area contributed by atoms with Gasteiger partial charge in [0.05, 0.1) is 24.9 Å². The molecule has 0 spiro atoms. The molecule has 1 atom stereocenters. The van der Waals surface area contributed by atoms with Crippen LogP contribution < -0.4 is 0 Å². The van der Waals surface area contributed by atoms with E-state index in [1.54, 1.807) is 11.1 Å². The molecule has 3 heterocycles. The van der Waals surface area contributed by atoms with Gasteiger partial charge in [-0.15, -0.1) is 0 Å². The monoisotopic (exact) mass is 290 g/mol. The maximum absolute atomic E-state index is 12.6. The second-order valence-electron chi connectivity index (χ2n) is 5.01. The molecule has 0 bridgehead atoms. The van der Waals surface area contributed by atoms with E-state index >= 15 is 0 Å². The summed E-state index contributed by atoms with van der Waals surface area (Å²) in [6.07, 6.45) is 2.04. The Kier molecular flexibility index (Phi) is 3.70. The van der Waals surface area contributed by atoms with E-state index in [1.807, 2.05) is 13.8 Å². The Labute approximate surface area is 121 Å². The van der Waals surface area contributed by atoms with Crippen LogP contribution in [0.5, 0.6) is 0 Å². The number of hydrogen-bond acceptors (Lipinski definition) is 5. The Balaban J connectivity index is 1.75. The number of hydrogen-bond donors (Lipinski definition) is 2. The predicted octanol–water partition coefficient (Wildman–Crippen LogP) is 0.612. The maximum atomic E-state index is 12.6. The first kappa shape index (κ1) is 13.7. The van der Waals surface area contributed by atoms with Gasteiger partial charge < -0.3 is 9.64 Å². The van der Waals surface area contributed by atoms with Crippen molar-refractivity contribution in [2.24, 2.45) is 0 Å². The van der Waals surface area contributed by atoms with E-state index in [4.69, 9.17) is 4.74 Å². The standard InChI is InChI=1S/C13H18N6O2/c1-3-10-9(6-14-17-10)13(20)19-4-5-21-11(7-19)12-15-8(2)16-18-12/h6,11H,3-5,7H2,1-2H3,(H,14,17)(H,15,16,18)/t11-/m0/s1. The molecule has 21 heavy (non-hydrogen) atoms. The summed E-state index contributed by atoms with van der Waals surface area (Å²) in [7, 11) is 0. The molecule has 1 aliphatic heterocycles. The highest BCUT2D eigenvalue weighted by atomic mass is 16.5. The summed E-state index contributed by atoms with van der Waals surface area (Å²) in [5.74, 6) is 1.30. The van der Waals surface area contributed by atoms with Gasteiger partial charge in [-0.2, -0.15) is 10.2 Å². The van der Waals surface area contributed by atoms with Crippen molar-refractivity contribution in [1.29, 1.82) is 0 Å². The van der Waals surface area contributed by atoms with Crippen LogP contribution >= 0.6 is 0 Å². The van der Waals surface area contributed by atoms with Gasteiger partial charge in [0.1, 0.15) is 11.9 Å². The molecule has 1 aliphatic rings. The van der Waals surface area contributed by atoms with E-state index in [2.05, 4.69) is 25.4 Å². The zero-order chi connectivity index (χ0) is 14.8. The van der Waals surface area contributed by atoms with Crippen molar-refractivity contribution in [1.82, 2.24) is 30.3 Å². The van der Waals surface area contributed by atoms with Gasteiger partial charge in [0, 0.05) is 12.2 Å². The van der Waals surface area contributed by atoms with E-state index in [0.717, 1.165) is 17.9 Å². The molecule has 3 rings (SSSR count). The summed E-state index contributed by atoms with van der Waals surface area (Å²) >= 11 is 0. The molecular weight excluding hydrogens is 272 g/mol. The van der Waals surface area contributed by atoms with Gasteiger partial charge in [-0.3, -0.25) is 15.0 Å². The third-order valence-corrected chi connectivity index (χ3v) is 3.56. The average molecular weight is 290 g/mol. The van der Waals surface area contributed by atoms with Crippen molar-refractivity contribution in [2.45, 2.75) is 26.4 Å². The number of aromatic nitrogens is 5. The number of aryl methyl sites for hydroxylation is 2. The van der Waals surface area contributed by atoms with Gasteiger partial charge in [-0.25, -0.2) is 4.98 Å². The first-order valence-electron chi connectivity index (χ1n) is 7.01. The van der Waals surface area contributed by atoms with Crippen molar-refractivity contribution in [3.8, 4) is 0 Å². The third kappa shape index (κ3) is 2.66. The molecule has 0 aromatic carbocycles. The van der Waals surface area contributed by atoms with Crippen LogP contribution in [-0.2, 0) is 11.2 Å². The molecule has 0 aliphatic carbocycles. The Morgan fingerprint density at radius 2 is 2.38 bits per heavy atom. The number of amides is 1. The third-order valence-electron chi connectivity index (χ3n) is 3.56. The van der Waals surface area contributed by atoms with Crippen LogP contribution in [0.2, 0.25) is 0 Å². The summed E-state index contributed by atoms with van der Waals surface area (Å²) in [6, 6.07) is 0. The Hall–Kier alpha value is -2.22. The van der Waals surface area contributed by atoms with Crippen molar-refractivity contribution >= 4 is 5.91 Å². The van der Waals surface area contributed by atoms with E-state index in [-0.39, 0.29) is 12.0 Å². The topological polar surface area (TPSA) is 99.8 Å². The fraction of sp³-hybridized carbons (Fsp3) is 0.538. The molecule has 0 unspecified atom stereocenters. The number of H-pyrrole nitrogens is 2. The molecule has 2 aromatic rings. The summed E-state index contributed by atoms with van der Waals surface area (Å²) in [6.45, 7) is 5.31. The highest BCUT2D eigenvalue weighted by Gasteiger charge is 2.29. The van der Waals surface area contributed by atoms with E-state index in [1.165, 1.54) is 0 Å². The number of carbonyl (C=O) groups is 1. The molecule has 8 nitrogen and oxygen atoms in total. The smallest absolute Gasteiger partial charge is 0.257 e. The molecule has 1 fully saturated rings. The highest BCUT2D eigenvalue weighted by molar-refractivity contribution is 5.95. The lowest BCUT2D eigenvalue weighted by Gasteiger charge is -2.31. The van der Waals surface area contributed by atoms with Crippen molar-refractivity contribution in [3.63, 3.8) is 0 Å². The van der Waals surface area contributed by atoms with Gasteiger partial charge in [0.2, 0.25) is 0 Å². The molecule has 1 amide bonds. The highest BCUT2D eigenvalue weighted by Crippen LogP contribution is 2.21. The molecule has 112 valence electrons. The van der Waals surface area contributed by atoms with Crippen molar-refractivity contribution < 1.29 is 9.53 Å². The number of rotatable bonds is 3. The number of morpholine rings is 1. The van der Waals surface area contributed by atoms with Gasteiger partial charge >= 0.3 is 0 Å².